The smallest absolute Gasteiger partial charge is 0.340 e. The summed E-state index contributed by atoms with van der Waals surface area (Å²) in [7, 11) is 1.24. The highest BCUT2D eigenvalue weighted by atomic mass is 16.6. The van der Waals surface area contributed by atoms with Gasteiger partial charge in [0.05, 0.1) is 29.0 Å². The Morgan fingerprint density at radius 1 is 1.21 bits per heavy atom. The first-order valence-electron chi connectivity index (χ1n) is 8.63. The van der Waals surface area contributed by atoms with Crippen LogP contribution in [0.2, 0.25) is 0 Å². The third-order valence-electron chi connectivity index (χ3n) is 4.52. The van der Waals surface area contributed by atoms with Crippen molar-refractivity contribution in [3.05, 3.63) is 81.2 Å². The molecule has 0 bridgehead atoms. The van der Waals surface area contributed by atoms with Crippen molar-refractivity contribution in [2.24, 2.45) is 0 Å². The summed E-state index contributed by atoms with van der Waals surface area (Å²) in [5.41, 5.74) is 4.17. The molecule has 0 radical (unpaired) electrons. The number of hydrogen-bond acceptors (Lipinski definition) is 6. The van der Waals surface area contributed by atoms with Gasteiger partial charge in [-0.05, 0) is 32.0 Å². The van der Waals surface area contributed by atoms with E-state index in [4.69, 9.17) is 4.74 Å². The molecule has 28 heavy (non-hydrogen) atoms. The largest absolute Gasteiger partial charge is 0.465 e. The van der Waals surface area contributed by atoms with E-state index in [9.17, 15) is 14.9 Å². The molecule has 3 rings (SSSR count). The summed E-state index contributed by atoms with van der Waals surface area (Å²) in [6.07, 6.45) is 0. The number of para-hydroxylation sites is 1. The molecule has 1 aromatic heterocycles. The summed E-state index contributed by atoms with van der Waals surface area (Å²) < 4.78 is 6.62. The first-order valence-corrected chi connectivity index (χ1v) is 8.63. The third kappa shape index (κ3) is 3.71. The van der Waals surface area contributed by atoms with Gasteiger partial charge < -0.3 is 10.1 Å². The average Bonchev–Trinajstić information content (AvgIpc) is 2.99. The van der Waals surface area contributed by atoms with E-state index in [0.717, 1.165) is 22.6 Å². The van der Waals surface area contributed by atoms with Crippen LogP contribution in [0.4, 0.5) is 11.4 Å². The van der Waals surface area contributed by atoms with E-state index in [2.05, 4.69) is 10.4 Å². The highest BCUT2D eigenvalue weighted by Crippen LogP contribution is 2.25. The minimum atomic E-state index is -0.639. The van der Waals surface area contributed by atoms with E-state index >= 15 is 0 Å². The number of nitrogens with one attached hydrogen (secondary N) is 1. The van der Waals surface area contributed by atoms with Crippen molar-refractivity contribution < 1.29 is 14.5 Å². The highest BCUT2D eigenvalue weighted by Gasteiger charge is 2.18. The quantitative estimate of drug-likeness (QED) is 0.397. The molecule has 0 fully saturated rings. The van der Waals surface area contributed by atoms with E-state index in [1.54, 1.807) is 0 Å². The topological polar surface area (TPSA) is 99.3 Å². The molecule has 2 aromatic carbocycles. The van der Waals surface area contributed by atoms with Gasteiger partial charge in [-0.15, -0.1) is 0 Å². The predicted octanol–water partition coefficient (Wildman–Crippen LogP) is 3.80. The second kappa shape index (κ2) is 7.91. The van der Waals surface area contributed by atoms with Crippen LogP contribution < -0.4 is 5.32 Å². The number of hydrogen-bond donors (Lipinski definition) is 1. The number of non-ortho nitro benzene ring substituents is 1. The van der Waals surface area contributed by atoms with Gasteiger partial charge in [-0.2, -0.15) is 5.10 Å². The summed E-state index contributed by atoms with van der Waals surface area (Å²) in [5, 5.41) is 18.8. The van der Waals surface area contributed by atoms with Crippen molar-refractivity contribution in [3.63, 3.8) is 0 Å². The second-order valence-corrected chi connectivity index (χ2v) is 6.23. The first-order chi connectivity index (χ1) is 13.4. The summed E-state index contributed by atoms with van der Waals surface area (Å²) in [4.78, 5) is 22.5. The molecular formula is C20H20N4O4. The number of carbonyl (C=O) groups is 1. The lowest BCUT2D eigenvalue weighted by Crippen LogP contribution is -2.10. The lowest BCUT2D eigenvalue weighted by Gasteiger charge is -2.11. The number of nitrogens with zero attached hydrogens (tertiary/aromatic N) is 3. The van der Waals surface area contributed by atoms with Gasteiger partial charge in [0.2, 0.25) is 0 Å². The molecule has 0 atom stereocenters. The number of esters is 1. The van der Waals surface area contributed by atoms with Crippen LogP contribution >= 0.6 is 0 Å². The van der Waals surface area contributed by atoms with E-state index in [-0.39, 0.29) is 11.3 Å². The van der Waals surface area contributed by atoms with Crippen LogP contribution in [0, 0.1) is 24.0 Å². The maximum absolute atomic E-state index is 12.0. The maximum Gasteiger partial charge on any atom is 0.340 e. The van der Waals surface area contributed by atoms with Gasteiger partial charge in [-0.3, -0.25) is 10.1 Å². The van der Waals surface area contributed by atoms with Crippen LogP contribution in [0.3, 0.4) is 0 Å². The normalized spacial score (nSPS) is 10.5. The summed E-state index contributed by atoms with van der Waals surface area (Å²) in [5.74, 6) is -0.639. The number of aryl methyl sites for hydroxylation is 1. The van der Waals surface area contributed by atoms with Crippen LogP contribution in [0.25, 0.3) is 5.69 Å². The van der Waals surface area contributed by atoms with Gasteiger partial charge in [0.1, 0.15) is 0 Å². The molecule has 0 spiro atoms. The van der Waals surface area contributed by atoms with Crippen molar-refractivity contribution in [2.45, 2.75) is 20.4 Å². The van der Waals surface area contributed by atoms with Crippen molar-refractivity contribution >= 4 is 17.3 Å². The number of nitro groups is 1. The number of anilines is 1. The Bertz CT molecular complexity index is 1030. The molecule has 144 valence electrons. The van der Waals surface area contributed by atoms with Crippen molar-refractivity contribution in [1.29, 1.82) is 0 Å². The maximum atomic E-state index is 12.0. The lowest BCUT2D eigenvalue weighted by molar-refractivity contribution is -0.384. The summed E-state index contributed by atoms with van der Waals surface area (Å²) in [6.45, 7) is 4.30. The first kappa shape index (κ1) is 19.1. The second-order valence-electron chi connectivity index (χ2n) is 6.23. The van der Waals surface area contributed by atoms with Gasteiger partial charge in [0, 0.05) is 35.6 Å². The van der Waals surface area contributed by atoms with Crippen LogP contribution in [0.5, 0.6) is 0 Å². The van der Waals surface area contributed by atoms with E-state index in [0.29, 0.717) is 12.2 Å². The van der Waals surface area contributed by atoms with Crippen molar-refractivity contribution in [3.8, 4) is 5.69 Å². The Balaban J connectivity index is 1.90. The van der Waals surface area contributed by atoms with Crippen LogP contribution in [0.1, 0.15) is 27.3 Å². The fourth-order valence-corrected chi connectivity index (χ4v) is 3.01. The van der Waals surface area contributed by atoms with Crippen molar-refractivity contribution in [2.75, 3.05) is 12.4 Å². The lowest BCUT2D eigenvalue weighted by atomic mass is 10.1. The highest BCUT2D eigenvalue weighted by molar-refractivity contribution is 5.96. The van der Waals surface area contributed by atoms with E-state index in [1.807, 2.05) is 48.9 Å². The molecule has 3 aromatic rings. The molecule has 0 aliphatic heterocycles. The van der Waals surface area contributed by atoms with Gasteiger partial charge in [-0.1, -0.05) is 18.2 Å². The molecule has 0 saturated heterocycles. The molecule has 1 N–H and O–H groups in total. The Hall–Kier alpha value is -3.68. The Kier molecular flexibility index (Phi) is 5.39. The standard InChI is InChI=1S/C20H20N4O4/c1-13-18(14(2)23(22-13)15-7-5-4-6-8-15)12-21-19-10-9-16(24(26)27)11-17(19)20(25)28-3/h4-11,21H,12H2,1-3H3. The molecule has 0 aliphatic carbocycles. The summed E-state index contributed by atoms with van der Waals surface area (Å²) in [6, 6.07) is 13.9. The number of rotatable bonds is 6. The van der Waals surface area contributed by atoms with Crippen LogP contribution in [-0.2, 0) is 11.3 Å². The SMILES string of the molecule is COC(=O)c1cc([N+](=O)[O-])ccc1NCc1c(C)nn(-c2ccccc2)c1C. The Labute approximate surface area is 161 Å². The zero-order valence-electron chi connectivity index (χ0n) is 15.8. The molecule has 8 nitrogen and oxygen atoms in total. The number of carbonyl (C=O) groups excluding carboxylic acids is 1. The molecule has 0 aliphatic rings. The number of ether oxygens (including phenoxy) is 1. The van der Waals surface area contributed by atoms with Gasteiger partial charge >= 0.3 is 5.97 Å². The van der Waals surface area contributed by atoms with Gasteiger partial charge in [0.25, 0.3) is 5.69 Å². The zero-order valence-corrected chi connectivity index (χ0v) is 15.8. The molecule has 0 amide bonds. The molecule has 8 heteroatoms. The zero-order chi connectivity index (χ0) is 20.3. The molecule has 0 saturated carbocycles. The molecular weight excluding hydrogens is 360 g/mol. The minimum absolute atomic E-state index is 0.113. The molecule has 1 heterocycles. The summed E-state index contributed by atoms with van der Waals surface area (Å²) >= 11 is 0. The van der Waals surface area contributed by atoms with E-state index in [1.165, 1.54) is 25.3 Å². The van der Waals surface area contributed by atoms with Gasteiger partial charge in [-0.25, -0.2) is 9.48 Å². The number of aromatic nitrogens is 2. The Morgan fingerprint density at radius 2 is 1.93 bits per heavy atom. The number of nitro benzene ring substituents is 1. The minimum Gasteiger partial charge on any atom is -0.465 e. The molecule has 0 unspecified atom stereocenters. The van der Waals surface area contributed by atoms with Crippen LogP contribution in [0.15, 0.2) is 48.5 Å². The fourth-order valence-electron chi connectivity index (χ4n) is 3.01. The monoisotopic (exact) mass is 380 g/mol. The number of benzene rings is 2. The Morgan fingerprint density at radius 3 is 2.57 bits per heavy atom. The van der Waals surface area contributed by atoms with Gasteiger partial charge in [0.15, 0.2) is 0 Å². The predicted molar refractivity (Wildman–Crippen MR) is 105 cm³/mol. The third-order valence-corrected chi connectivity index (χ3v) is 4.52. The van der Waals surface area contributed by atoms with Crippen LogP contribution in [-0.4, -0.2) is 27.8 Å². The number of methoxy groups -OCH3 is 1. The van der Waals surface area contributed by atoms with Crippen molar-refractivity contribution in [1.82, 2.24) is 9.78 Å². The van der Waals surface area contributed by atoms with E-state index < -0.39 is 10.9 Å². The fraction of sp³-hybridized carbons (Fsp3) is 0.200. The average molecular weight is 380 g/mol.